The van der Waals surface area contributed by atoms with Crippen LogP contribution in [-0.2, 0) is 14.3 Å². The summed E-state index contributed by atoms with van der Waals surface area (Å²) in [5, 5.41) is -0.452. The number of benzene rings is 1. The maximum absolute atomic E-state index is 12.8. The molecular weight excluding hydrogens is 400 g/mol. The Morgan fingerprint density at radius 1 is 1.37 bits per heavy atom. The van der Waals surface area contributed by atoms with Crippen LogP contribution in [0.1, 0.15) is 63.6 Å². The lowest BCUT2D eigenvalue weighted by molar-refractivity contribution is -0.148. The summed E-state index contributed by atoms with van der Waals surface area (Å²) in [4.78, 5) is 40.8. The topological polar surface area (TPSA) is 66.9 Å². The first kappa shape index (κ1) is 22.4. The number of carbonyl (C=O) groups excluding carboxylic acids is 3. The number of nitrogens with zero attached hydrogens (tertiary/aromatic N) is 2. The van der Waals surface area contributed by atoms with Gasteiger partial charge in [-0.25, -0.2) is 4.79 Å². The molecule has 3 rings (SSSR count). The summed E-state index contributed by atoms with van der Waals surface area (Å²) in [7, 11) is 1.24. The van der Waals surface area contributed by atoms with Gasteiger partial charge in [-0.3, -0.25) is 14.5 Å². The Hall–Kier alpha value is -2.28. The molecule has 0 unspecified atom stereocenters. The number of rotatable bonds is 4. The molecule has 30 heavy (non-hydrogen) atoms. The van der Waals surface area contributed by atoms with Crippen molar-refractivity contribution >= 4 is 40.6 Å². The van der Waals surface area contributed by atoms with Crippen molar-refractivity contribution < 1.29 is 19.1 Å². The van der Waals surface area contributed by atoms with Crippen LogP contribution in [0.3, 0.4) is 0 Å². The third-order valence-electron chi connectivity index (χ3n) is 6.13. The Kier molecular flexibility index (Phi) is 6.05. The van der Waals surface area contributed by atoms with E-state index in [-0.39, 0.29) is 5.54 Å². The lowest BCUT2D eigenvalue weighted by atomic mass is 9.79. The van der Waals surface area contributed by atoms with Gasteiger partial charge in [-0.15, -0.1) is 0 Å². The first-order chi connectivity index (χ1) is 14.0. The van der Waals surface area contributed by atoms with Gasteiger partial charge in [-0.2, -0.15) is 0 Å². The minimum absolute atomic E-state index is 0.0851. The zero-order valence-electron chi connectivity index (χ0n) is 18.7. The molecule has 0 radical (unpaired) electrons. The average molecular weight is 431 g/mol. The molecule has 0 spiro atoms. The van der Waals surface area contributed by atoms with Gasteiger partial charge in [0.2, 0.25) is 0 Å². The third kappa shape index (κ3) is 3.75. The van der Waals surface area contributed by atoms with Gasteiger partial charge in [0.15, 0.2) is 0 Å². The van der Waals surface area contributed by atoms with Crippen molar-refractivity contribution in [1.29, 1.82) is 0 Å². The number of anilines is 1. The number of imide groups is 1. The van der Waals surface area contributed by atoms with Crippen molar-refractivity contribution in [2.75, 3.05) is 18.6 Å². The number of ether oxygens (including phenoxy) is 1. The normalized spacial score (nSPS) is 23.0. The highest BCUT2D eigenvalue weighted by atomic mass is 32.2. The molecule has 7 heteroatoms. The second-order valence-electron chi connectivity index (χ2n) is 8.68. The van der Waals surface area contributed by atoms with Gasteiger partial charge in [0.05, 0.1) is 12.0 Å². The minimum Gasteiger partial charge on any atom is -0.467 e. The van der Waals surface area contributed by atoms with Crippen molar-refractivity contribution in [3.05, 3.63) is 33.7 Å². The Labute approximate surface area is 182 Å². The van der Waals surface area contributed by atoms with Crippen LogP contribution in [0.15, 0.2) is 17.0 Å². The Bertz CT molecular complexity index is 937. The van der Waals surface area contributed by atoms with E-state index in [2.05, 4.69) is 49.5 Å². The summed E-state index contributed by atoms with van der Waals surface area (Å²) in [6, 6.07) is 3.38. The van der Waals surface area contributed by atoms with Gasteiger partial charge < -0.3 is 9.64 Å². The van der Waals surface area contributed by atoms with E-state index in [1.165, 1.54) is 25.3 Å². The van der Waals surface area contributed by atoms with Crippen LogP contribution in [0.5, 0.6) is 0 Å². The van der Waals surface area contributed by atoms with E-state index in [4.69, 9.17) is 0 Å². The molecule has 1 saturated heterocycles. The van der Waals surface area contributed by atoms with Gasteiger partial charge in [-0.05, 0) is 93.6 Å². The van der Waals surface area contributed by atoms with Gasteiger partial charge in [-0.1, -0.05) is 6.92 Å². The number of carbonyl (C=O) groups is 3. The zero-order chi connectivity index (χ0) is 22.4. The molecule has 1 aromatic rings. The number of amides is 2. The predicted octanol–water partition coefficient (Wildman–Crippen LogP) is 4.70. The first-order valence-corrected chi connectivity index (χ1v) is 11.1. The standard InChI is InChI=1S/C23H30N2O4S/c1-8-24-18-9-13(2)16(10-17(18)14(3)12-23(24,5)6)11-19-20(26)25(22(28)30-19)15(4)21(27)29-7/h9-11,14-15H,8,12H2,1-7H3/b19-11+/t14-,15-/m1/s1. The van der Waals surface area contributed by atoms with E-state index in [0.29, 0.717) is 10.8 Å². The largest absolute Gasteiger partial charge is 0.467 e. The second kappa shape index (κ2) is 8.10. The third-order valence-corrected chi connectivity index (χ3v) is 7.01. The SMILES string of the molecule is CCN1c2cc(C)c(/C=C3/SC(=O)N([C@H](C)C(=O)OC)C3=O)cc2[C@H](C)CC1(C)C. The number of methoxy groups -OCH3 is 1. The van der Waals surface area contributed by atoms with Crippen LogP contribution in [0.2, 0.25) is 0 Å². The molecule has 0 aromatic heterocycles. The quantitative estimate of drug-likeness (QED) is 0.509. The van der Waals surface area contributed by atoms with Crippen LogP contribution in [0.4, 0.5) is 10.5 Å². The molecule has 0 aliphatic carbocycles. The molecule has 6 nitrogen and oxygen atoms in total. The van der Waals surface area contributed by atoms with Gasteiger partial charge in [0, 0.05) is 17.8 Å². The van der Waals surface area contributed by atoms with Gasteiger partial charge in [0.1, 0.15) is 6.04 Å². The van der Waals surface area contributed by atoms with Crippen molar-refractivity contribution in [2.45, 2.75) is 65.5 Å². The van der Waals surface area contributed by atoms with Gasteiger partial charge >= 0.3 is 5.97 Å². The van der Waals surface area contributed by atoms with E-state index < -0.39 is 23.2 Å². The summed E-state index contributed by atoms with van der Waals surface area (Å²) in [5.74, 6) is -0.677. The number of hydrogen-bond acceptors (Lipinski definition) is 6. The Balaban J connectivity index is 2.00. The fraction of sp³-hybridized carbons (Fsp3) is 0.522. The lowest BCUT2D eigenvalue weighted by Crippen LogP contribution is -2.48. The first-order valence-electron chi connectivity index (χ1n) is 10.3. The van der Waals surface area contributed by atoms with E-state index in [1.807, 2.05) is 6.92 Å². The summed E-state index contributed by atoms with van der Waals surface area (Å²) < 4.78 is 4.69. The van der Waals surface area contributed by atoms with E-state index in [0.717, 1.165) is 40.8 Å². The number of fused-ring (bicyclic) bond motifs is 1. The van der Waals surface area contributed by atoms with Crippen molar-refractivity contribution in [1.82, 2.24) is 4.90 Å². The molecule has 2 amide bonds. The van der Waals surface area contributed by atoms with Crippen LogP contribution < -0.4 is 4.90 Å². The number of hydrogen-bond donors (Lipinski definition) is 0. The molecule has 2 aliphatic rings. The summed E-state index contributed by atoms with van der Waals surface area (Å²) in [6.45, 7) is 13.4. The fourth-order valence-corrected chi connectivity index (χ4v) is 5.53. The molecule has 0 bridgehead atoms. The maximum atomic E-state index is 12.8. The van der Waals surface area contributed by atoms with E-state index >= 15 is 0 Å². The summed E-state index contributed by atoms with van der Waals surface area (Å²) in [5.41, 5.74) is 4.55. The highest BCUT2D eigenvalue weighted by Gasteiger charge is 2.41. The van der Waals surface area contributed by atoms with Crippen LogP contribution in [-0.4, -0.2) is 47.3 Å². The van der Waals surface area contributed by atoms with E-state index in [1.54, 1.807) is 6.08 Å². The maximum Gasteiger partial charge on any atom is 0.328 e. The minimum atomic E-state index is -0.946. The molecule has 1 aromatic carbocycles. The average Bonchev–Trinajstić information content (AvgIpc) is 2.94. The molecule has 2 atom stereocenters. The smallest absolute Gasteiger partial charge is 0.328 e. The van der Waals surface area contributed by atoms with Gasteiger partial charge in [0.25, 0.3) is 11.1 Å². The number of aryl methyl sites for hydroxylation is 1. The molecule has 0 saturated carbocycles. The monoisotopic (exact) mass is 430 g/mol. The molecule has 2 aliphatic heterocycles. The summed E-state index contributed by atoms with van der Waals surface area (Å²) in [6.07, 6.45) is 2.82. The van der Waals surface area contributed by atoms with E-state index in [9.17, 15) is 14.4 Å². The molecule has 0 N–H and O–H groups in total. The van der Waals surface area contributed by atoms with Crippen molar-refractivity contribution in [3.63, 3.8) is 0 Å². The Morgan fingerprint density at radius 3 is 2.63 bits per heavy atom. The molecule has 162 valence electrons. The Morgan fingerprint density at radius 2 is 2.03 bits per heavy atom. The predicted molar refractivity (Wildman–Crippen MR) is 121 cm³/mol. The highest BCUT2D eigenvalue weighted by molar-refractivity contribution is 8.18. The fourth-order valence-electron chi connectivity index (χ4n) is 4.64. The summed E-state index contributed by atoms with van der Waals surface area (Å²) >= 11 is 0.865. The van der Waals surface area contributed by atoms with Crippen LogP contribution in [0, 0.1) is 6.92 Å². The van der Waals surface area contributed by atoms with Crippen molar-refractivity contribution in [2.24, 2.45) is 0 Å². The molecule has 2 heterocycles. The van der Waals surface area contributed by atoms with Crippen LogP contribution in [0.25, 0.3) is 6.08 Å². The highest BCUT2D eigenvalue weighted by Crippen LogP contribution is 2.45. The zero-order valence-corrected chi connectivity index (χ0v) is 19.6. The molecule has 1 fully saturated rings. The number of esters is 1. The lowest BCUT2D eigenvalue weighted by Gasteiger charge is -2.47. The molecular formula is C23H30N2O4S. The van der Waals surface area contributed by atoms with Crippen LogP contribution >= 0.6 is 11.8 Å². The number of thioether (sulfide) groups is 1. The second-order valence-corrected chi connectivity index (χ2v) is 9.67. The van der Waals surface area contributed by atoms with Crippen molar-refractivity contribution in [3.8, 4) is 0 Å².